The van der Waals surface area contributed by atoms with E-state index in [1.807, 2.05) is 0 Å². The van der Waals surface area contributed by atoms with Gasteiger partial charge in [0.1, 0.15) is 18.0 Å². The maximum atomic E-state index is 5.58. The lowest BCUT2D eigenvalue weighted by Crippen LogP contribution is -2.36. The highest BCUT2D eigenvalue weighted by atomic mass is 15.2. The summed E-state index contributed by atoms with van der Waals surface area (Å²) in [5, 5.41) is 3.28. The maximum Gasteiger partial charge on any atom is 0.131 e. The van der Waals surface area contributed by atoms with Gasteiger partial charge < -0.3 is 11.1 Å². The Morgan fingerprint density at radius 1 is 1.56 bits per heavy atom. The van der Waals surface area contributed by atoms with Crippen LogP contribution in [0.1, 0.15) is 19.8 Å². The second-order valence-electron chi connectivity index (χ2n) is 4.45. The number of nitrogens with zero attached hydrogens (tertiary/aromatic N) is 3. The Morgan fingerprint density at radius 2 is 2.31 bits per heavy atom. The van der Waals surface area contributed by atoms with Gasteiger partial charge in [0.15, 0.2) is 0 Å². The smallest absolute Gasteiger partial charge is 0.131 e. The van der Waals surface area contributed by atoms with Crippen LogP contribution in [0.2, 0.25) is 0 Å². The minimum Gasteiger partial charge on any atom is -0.384 e. The van der Waals surface area contributed by atoms with Gasteiger partial charge in [-0.2, -0.15) is 0 Å². The summed E-state index contributed by atoms with van der Waals surface area (Å²) in [4.78, 5) is 10.4. The van der Waals surface area contributed by atoms with E-state index in [-0.39, 0.29) is 0 Å². The topological polar surface area (TPSA) is 67.1 Å². The first-order chi connectivity index (χ1) is 7.66. The first kappa shape index (κ1) is 11.1. The number of nitrogens with two attached hydrogens (primary N) is 1. The Hall–Kier alpha value is -1.36. The summed E-state index contributed by atoms with van der Waals surface area (Å²) >= 11 is 0. The lowest BCUT2D eigenvalue weighted by atomic mass is 10.3. The molecule has 1 heterocycles. The van der Waals surface area contributed by atoms with E-state index in [0.29, 0.717) is 11.9 Å². The van der Waals surface area contributed by atoms with Crippen molar-refractivity contribution < 1.29 is 0 Å². The second-order valence-corrected chi connectivity index (χ2v) is 4.45. The van der Waals surface area contributed by atoms with Gasteiger partial charge in [-0.15, -0.1) is 0 Å². The number of hydrogen-bond donors (Lipinski definition) is 2. The van der Waals surface area contributed by atoms with Gasteiger partial charge in [0.2, 0.25) is 0 Å². The molecule has 1 aromatic rings. The minimum absolute atomic E-state index is 0.501. The van der Waals surface area contributed by atoms with Crippen LogP contribution in [0.3, 0.4) is 0 Å². The molecule has 1 saturated carbocycles. The predicted molar refractivity (Wildman–Crippen MR) is 65.2 cm³/mol. The number of aromatic nitrogens is 2. The zero-order valence-electron chi connectivity index (χ0n) is 9.85. The first-order valence-electron chi connectivity index (χ1n) is 5.70. The van der Waals surface area contributed by atoms with Crippen molar-refractivity contribution in [3.8, 4) is 0 Å². The van der Waals surface area contributed by atoms with E-state index in [1.54, 1.807) is 6.07 Å². The SMILES string of the molecule is CC(CNc1cc(N)ncn1)N(C)C1CC1. The van der Waals surface area contributed by atoms with Gasteiger partial charge in [-0.3, -0.25) is 4.90 Å². The van der Waals surface area contributed by atoms with Crippen molar-refractivity contribution in [2.75, 3.05) is 24.6 Å². The molecule has 1 aliphatic carbocycles. The van der Waals surface area contributed by atoms with E-state index in [1.165, 1.54) is 19.2 Å². The highest BCUT2D eigenvalue weighted by Gasteiger charge is 2.28. The largest absolute Gasteiger partial charge is 0.384 e. The molecule has 0 saturated heterocycles. The second kappa shape index (κ2) is 4.65. The molecule has 1 aromatic heterocycles. The van der Waals surface area contributed by atoms with E-state index < -0.39 is 0 Å². The minimum atomic E-state index is 0.501. The molecule has 3 N–H and O–H groups in total. The highest BCUT2D eigenvalue weighted by Crippen LogP contribution is 2.26. The molecule has 1 atom stereocenters. The van der Waals surface area contributed by atoms with Gasteiger partial charge in [-0.05, 0) is 26.8 Å². The summed E-state index contributed by atoms with van der Waals surface area (Å²) in [6.45, 7) is 3.10. The summed E-state index contributed by atoms with van der Waals surface area (Å²) in [5.74, 6) is 1.30. The van der Waals surface area contributed by atoms with Crippen LogP contribution in [-0.2, 0) is 0 Å². The van der Waals surface area contributed by atoms with Crippen LogP contribution in [0.15, 0.2) is 12.4 Å². The molecule has 88 valence electrons. The fraction of sp³-hybridized carbons (Fsp3) is 0.636. The van der Waals surface area contributed by atoms with Crippen molar-refractivity contribution in [3.63, 3.8) is 0 Å². The molecule has 1 aliphatic rings. The number of rotatable bonds is 5. The van der Waals surface area contributed by atoms with Crippen molar-refractivity contribution in [1.82, 2.24) is 14.9 Å². The molecule has 2 rings (SSSR count). The Bertz CT molecular complexity index is 350. The third-order valence-corrected chi connectivity index (χ3v) is 3.08. The molecule has 0 radical (unpaired) electrons. The van der Waals surface area contributed by atoms with Gasteiger partial charge >= 0.3 is 0 Å². The monoisotopic (exact) mass is 221 g/mol. The molecule has 5 nitrogen and oxygen atoms in total. The number of nitrogens with one attached hydrogen (secondary N) is 1. The molecule has 0 amide bonds. The molecule has 0 aromatic carbocycles. The lowest BCUT2D eigenvalue weighted by molar-refractivity contribution is 0.257. The molecule has 16 heavy (non-hydrogen) atoms. The molecule has 1 fully saturated rings. The molecule has 1 unspecified atom stereocenters. The molecular formula is C11H19N5. The molecule has 0 spiro atoms. The van der Waals surface area contributed by atoms with E-state index in [0.717, 1.165) is 18.4 Å². The molecule has 5 heteroatoms. The first-order valence-corrected chi connectivity index (χ1v) is 5.70. The Kier molecular flexibility index (Phi) is 3.24. The Labute approximate surface area is 96.1 Å². The molecule has 0 bridgehead atoms. The maximum absolute atomic E-state index is 5.58. The van der Waals surface area contributed by atoms with Crippen LogP contribution in [0.5, 0.6) is 0 Å². The lowest BCUT2D eigenvalue weighted by Gasteiger charge is -2.24. The van der Waals surface area contributed by atoms with Crippen molar-refractivity contribution in [2.24, 2.45) is 0 Å². The van der Waals surface area contributed by atoms with E-state index in [2.05, 4.69) is 34.2 Å². The van der Waals surface area contributed by atoms with Crippen LogP contribution < -0.4 is 11.1 Å². The van der Waals surface area contributed by atoms with Crippen LogP contribution in [0, 0.1) is 0 Å². The summed E-state index contributed by atoms with van der Waals surface area (Å²) < 4.78 is 0. The zero-order valence-corrected chi connectivity index (χ0v) is 9.85. The average molecular weight is 221 g/mol. The normalized spacial score (nSPS) is 17.4. The van der Waals surface area contributed by atoms with Crippen LogP contribution >= 0.6 is 0 Å². The standard InChI is InChI=1S/C11H19N5/c1-8(16(2)9-3-4-9)6-13-11-5-10(12)14-7-15-11/h5,7-9H,3-4,6H2,1-2H3,(H3,12,13,14,15). The summed E-state index contributed by atoms with van der Waals surface area (Å²) in [5.41, 5.74) is 5.58. The molecule has 0 aliphatic heterocycles. The van der Waals surface area contributed by atoms with E-state index >= 15 is 0 Å². The van der Waals surface area contributed by atoms with Crippen molar-refractivity contribution in [2.45, 2.75) is 31.8 Å². The average Bonchev–Trinajstić information content (AvgIpc) is 3.09. The third-order valence-electron chi connectivity index (χ3n) is 3.08. The van der Waals surface area contributed by atoms with E-state index in [9.17, 15) is 0 Å². The highest BCUT2D eigenvalue weighted by molar-refractivity contribution is 5.43. The van der Waals surface area contributed by atoms with E-state index in [4.69, 9.17) is 5.73 Å². The third kappa shape index (κ3) is 2.82. The fourth-order valence-corrected chi connectivity index (χ4v) is 1.71. The number of nitrogen functional groups attached to an aromatic ring is 1. The van der Waals surface area contributed by atoms with Gasteiger partial charge in [0, 0.05) is 24.7 Å². The van der Waals surface area contributed by atoms with Crippen LogP contribution in [-0.4, -0.2) is 40.5 Å². The predicted octanol–water partition coefficient (Wildman–Crippen LogP) is 0.953. The van der Waals surface area contributed by atoms with Crippen molar-refractivity contribution in [1.29, 1.82) is 0 Å². The summed E-state index contributed by atoms with van der Waals surface area (Å²) in [6, 6.07) is 3.04. The molecular weight excluding hydrogens is 202 g/mol. The van der Waals surface area contributed by atoms with Crippen LogP contribution in [0.25, 0.3) is 0 Å². The van der Waals surface area contributed by atoms with Gasteiger partial charge in [-0.25, -0.2) is 9.97 Å². The number of likely N-dealkylation sites (N-methyl/N-ethyl adjacent to an activating group) is 1. The Balaban J connectivity index is 1.82. The number of hydrogen-bond acceptors (Lipinski definition) is 5. The van der Waals surface area contributed by atoms with Gasteiger partial charge in [0.25, 0.3) is 0 Å². The summed E-state index contributed by atoms with van der Waals surface area (Å²) in [7, 11) is 2.18. The zero-order chi connectivity index (χ0) is 11.5. The van der Waals surface area contributed by atoms with Crippen molar-refractivity contribution in [3.05, 3.63) is 12.4 Å². The fourth-order valence-electron chi connectivity index (χ4n) is 1.71. The quantitative estimate of drug-likeness (QED) is 0.775. The number of anilines is 2. The van der Waals surface area contributed by atoms with Gasteiger partial charge in [0.05, 0.1) is 0 Å². The Morgan fingerprint density at radius 3 is 2.94 bits per heavy atom. The summed E-state index contributed by atoms with van der Waals surface area (Å²) in [6.07, 6.45) is 4.15. The van der Waals surface area contributed by atoms with Gasteiger partial charge in [-0.1, -0.05) is 0 Å². The van der Waals surface area contributed by atoms with Crippen molar-refractivity contribution >= 4 is 11.6 Å². The van der Waals surface area contributed by atoms with Crippen LogP contribution in [0.4, 0.5) is 11.6 Å².